The number of anilines is 1. The zero-order chi connectivity index (χ0) is 19.4. The Balaban J connectivity index is 0.00000280. The van der Waals surface area contributed by atoms with Gasteiger partial charge >= 0.3 is 0 Å². The third-order valence-electron chi connectivity index (χ3n) is 4.34. The number of ether oxygens (including phenoxy) is 2. The van der Waals surface area contributed by atoms with Crippen molar-refractivity contribution >= 4 is 34.8 Å². The molecule has 0 amide bonds. The van der Waals surface area contributed by atoms with Crippen molar-refractivity contribution in [3.05, 3.63) is 47.2 Å². The second-order valence-corrected chi connectivity index (χ2v) is 6.23. The van der Waals surface area contributed by atoms with Gasteiger partial charge in [0.2, 0.25) is 0 Å². The van der Waals surface area contributed by atoms with Crippen LogP contribution in [0.3, 0.4) is 0 Å². The number of hydrogen-bond donors (Lipinski definition) is 2. The van der Waals surface area contributed by atoms with Crippen molar-refractivity contribution in [2.45, 2.75) is 27.4 Å². The van der Waals surface area contributed by atoms with E-state index in [1.54, 1.807) is 13.3 Å². The summed E-state index contributed by atoms with van der Waals surface area (Å²) in [5, 5.41) is 4.01. The lowest BCUT2D eigenvalue weighted by Gasteiger charge is -2.11. The number of aryl methyl sites for hydroxylation is 2. The normalized spacial score (nSPS) is 10.6. The van der Waals surface area contributed by atoms with E-state index < -0.39 is 0 Å². The number of halogens is 1. The lowest BCUT2D eigenvalue weighted by molar-refractivity contribution is 0.101. The number of Topliss-reactive ketones (excluding diaryl/α,β-unsaturated/α-hetero) is 1. The zero-order valence-electron chi connectivity index (χ0n) is 16.5. The molecule has 0 atom stereocenters. The third-order valence-corrected chi connectivity index (χ3v) is 4.34. The molecule has 2 N–H and O–H groups in total. The largest absolute Gasteiger partial charge is 0.497 e. The molecule has 0 bridgehead atoms. The lowest BCUT2D eigenvalue weighted by Crippen LogP contribution is -2.17. The Hall–Kier alpha value is -2.64. The molecule has 0 fully saturated rings. The summed E-state index contributed by atoms with van der Waals surface area (Å²) in [6, 6.07) is 5.66. The van der Waals surface area contributed by atoms with Crippen molar-refractivity contribution in [2.24, 2.45) is 0 Å². The molecule has 0 spiro atoms. The van der Waals surface area contributed by atoms with E-state index in [2.05, 4.69) is 20.3 Å². The average Bonchev–Trinajstić information content (AvgIpc) is 3.00. The Morgan fingerprint density at radius 2 is 2.07 bits per heavy atom. The number of aromatic amines is 1. The van der Waals surface area contributed by atoms with E-state index in [0.29, 0.717) is 30.3 Å². The van der Waals surface area contributed by atoms with Gasteiger partial charge in [0.1, 0.15) is 11.6 Å². The van der Waals surface area contributed by atoms with Gasteiger partial charge in [-0.2, -0.15) is 0 Å². The standard InChI is InChI=1S/C20H24N4O3.ClH/c1-5-27-11-18-17(9-21-13(3)24-18)22-10-19(25)20-12(2)23-16-7-6-14(26-4)8-15(16)20;/h6-9,22-23H,5,10-11H2,1-4H3;1H. The highest BCUT2D eigenvalue weighted by Crippen LogP contribution is 2.27. The number of aromatic nitrogens is 3. The molecule has 7 nitrogen and oxygen atoms in total. The summed E-state index contributed by atoms with van der Waals surface area (Å²) in [7, 11) is 1.61. The lowest BCUT2D eigenvalue weighted by atomic mass is 10.1. The first-order chi connectivity index (χ1) is 13.0. The van der Waals surface area contributed by atoms with Crippen LogP contribution in [0.5, 0.6) is 5.75 Å². The van der Waals surface area contributed by atoms with E-state index in [4.69, 9.17) is 9.47 Å². The minimum Gasteiger partial charge on any atom is -0.497 e. The number of hydrogen-bond acceptors (Lipinski definition) is 6. The Morgan fingerprint density at radius 1 is 1.29 bits per heavy atom. The van der Waals surface area contributed by atoms with Crippen LogP contribution in [0.1, 0.15) is 34.5 Å². The number of nitrogens with zero attached hydrogens (tertiary/aromatic N) is 2. The maximum Gasteiger partial charge on any atom is 0.184 e. The van der Waals surface area contributed by atoms with Crippen LogP contribution in [-0.2, 0) is 11.3 Å². The minimum atomic E-state index is -0.0186. The second kappa shape index (κ2) is 9.52. The van der Waals surface area contributed by atoms with Gasteiger partial charge in [0.05, 0.1) is 37.8 Å². The van der Waals surface area contributed by atoms with E-state index in [9.17, 15) is 4.79 Å². The number of H-pyrrole nitrogens is 1. The Kier molecular flexibility index (Phi) is 7.37. The van der Waals surface area contributed by atoms with Crippen LogP contribution in [0, 0.1) is 13.8 Å². The third kappa shape index (κ3) is 4.61. The summed E-state index contributed by atoms with van der Waals surface area (Å²) in [6.07, 6.45) is 1.69. The predicted octanol–water partition coefficient (Wildman–Crippen LogP) is 3.84. The highest BCUT2D eigenvalue weighted by molar-refractivity contribution is 6.11. The number of ketones is 1. The SMILES string of the molecule is CCOCc1nc(C)ncc1NCC(=O)c1c(C)[nH]c2ccc(OC)cc12.Cl. The summed E-state index contributed by atoms with van der Waals surface area (Å²) in [4.78, 5) is 24.8. The molecule has 0 aliphatic heterocycles. The highest BCUT2D eigenvalue weighted by atomic mass is 35.5. The van der Waals surface area contributed by atoms with Crippen molar-refractivity contribution in [1.82, 2.24) is 15.0 Å². The molecular formula is C20H25ClN4O3. The Bertz CT molecular complexity index is 971. The summed E-state index contributed by atoms with van der Waals surface area (Å²) < 4.78 is 10.8. The molecule has 2 aromatic heterocycles. The number of carbonyl (C=O) groups is 1. The maximum absolute atomic E-state index is 12.9. The Morgan fingerprint density at radius 3 is 2.79 bits per heavy atom. The molecule has 150 valence electrons. The van der Waals surface area contributed by atoms with Gasteiger partial charge in [-0.25, -0.2) is 9.97 Å². The van der Waals surface area contributed by atoms with Crippen LogP contribution in [0.4, 0.5) is 5.69 Å². The van der Waals surface area contributed by atoms with E-state index in [1.165, 1.54) is 0 Å². The smallest absolute Gasteiger partial charge is 0.184 e. The number of benzene rings is 1. The number of carbonyl (C=O) groups excluding carboxylic acids is 1. The van der Waals surface area contributed by atoms with E-state index in [1.807, 2.05) is 39.0 Å². The molecule has 3 rings (SSSR count). The fourth-order valence-corrected chi connectivity index (χ4v) is 3.03. The minimum absolute atomic E-state index is 0. The Labute approximate surface area is 170 Å². The van der Waals surface area contributed by atoms with E-state index >= 15 is 0 Å². The van der Waals surface area contributed by atoms with Crippen LogP contribution in [0.15, 0.2) is 24.4 Å². The van der Waals surface area contributed by atoms with Crippen LogP contribution in [0.2, 0.25) is 0 Å². The molecular weight excluding hydrogens is 380 g/mol. The topological polar surface area (TPSA) is 89.1 Å². The average molecular weight is 405 g/mol. The van der Waals surface area contributed by atoms with Gasteiger partial charge in [0.25, 0.3) is 0 Å². The molecule has 0 aliphatic rings. The van der Waals surface area contributed by atoms with Gasteiger partial charge < -0.3 is 19.8 Å². The van der Waals surface area contributed by atoms with Crippen LogP contribution < -0.4 is 10.1 Å². The zero-order valence-corrected chi connectivity index (χ0v) is 17.3. The van der Waals surface area contributed by atoms with Crippen molar-refractivity contribution in [3.63, 3.8) is 0 Å². The summed E-state index contributed by atoms with van der Waals surface area (Å²) in [5.74, 6) is 1.37. The van der Waals surface area contributed by atoms with Gasteiger partial charge in [-0.1, -0.05) is 0 Å². The molecule has 0 unspecified atom stereocenters. The molecule has 0 aliphatic carbocycles. The quantitative estimate of drug-likeness (QED) is 0.554. The molecule has 0 saturated carbocycles. The molecule has 2 heterocycles. The van der Waals surface area contributed by atoms with Gasteiger partial charge in [0, 0.05) is 28.8 Å². The molecule has 0 saturated heterocycles. The monoisotopic (exact) mass is 404 g/mol. The van der Waals surface area contributed by atoms with Crippen LogP contribution in [0.25, 0.3) is 10.9 Å². The van der Waals surface area contributed by atoms with Crippen molar-refractivity contribution in [1.29, 1.82) is 0 Å². The highest BCUT2D eigenvalue weighted by Gasteiger charge is 2.17. The van der Waals surface area contributed by atoms with E-state index in [-0.39, 0.29) is 24.7 Å². The van der Waals surface area contributed by atoms with Gasteiger partial charge in [-0.3, -0.25) is 4.79 Å². The van der Waals surface area contributed by atoms with Crippen LogP contribution >= 0.6 is 12.4 Å². The molecule has 0 radical (unpaired) electrons. The van der Waals surface area contributed by atoms with Crippen LogP contribution in [-0.4, -0.2) is 41.0 Å². The first-order valence-electron chi connectivity index (χ1n) is 8.87. The molecule has 28 heavy (non-hydrogen) atoms. The first-order valence-corrected chi connectivity index (χ1v) is 8.87. The van der Waals surface area contributed by atoms with Crippen molar-refractivity contribution < 1.29 is 14.3 Å². The maximum atomic E-state index is 12.9. The fourth-order valence-electron chi connectivity index (χ4n) is 3.03. The fraction of sp³-hybridized carbons (Fsp3) is 0.350. The number of nitrogens with one attached hydrogen (secondary N) is 2. The summed E-state index contributed by atoms with van der Waals surface area (Å²) in [5.41, 5.74) is 3.86. The summed E-state index contributed by atoms with van der Waals surface area (Å²) >= 11 is 0. The molecule has 8 heteroatoms. The molecule has 3 aromatic rings. The predicted molar refractivity (Wildman–Crippen MR) is 112 cm³/mol. The van der Waals surface area contributed by atoms with E-state index in [0.717, 1.165) is 28.0 Å². The second-order valence-electron chi connectivity index (χ2n) is 6.23. The van der Waals surface area contributed by atoms with Gasteiger partial charge in [0.15, 0.2) is 5.78 Å². The first kappa shape index (κ1) is 21.7. The molecule has 1 aromatic carbocycles. The summed E-state index contributed by atoms with van der Waals surface area (Å²) in [6.45, 7) is 6.76. The number of fused-ring (bicyclic) bond motifs is 1. The number of methoxy groups -OCH3 is 1. The van der Waals surface area contributed by atoms with Crippen molar-refractivity contribution in [3.8, 4) is 5.75 Å². The van der Waals surface area contributed by atoms with Gasteiger partial charge in [-0.05, 0) is 39.0 Å². The number of rotatable bonds is 8. The van der Waals surface area contributed by atoms with Gasteiger partial charge in [-0.15, -0.1) is 12.4 Å². The van der Waals surface area contributed by atoms with Crippen molar-refractivity contribution in [2.75, 3.05) is 25.6 Å².